The third-order valence-electron chi connectivity index (χ3n) is 3.66. The Kier molecular flexibility index (Phi) is 6.01. The predicted molar refractivity (Wildman–Crippen MR) is 73.4 cm³/mol. The molecule has 0 aromatic carbocycles. The molecule has 0 aromatic rings. The molecule has 0 amide bonds. The molecule has 0 radical (unpaired) electrons. The van der Waals surface area contributed by atoms with Crippen molar-refractivity contribution in [2.24, 2.45) is 5.92 Å². The highest BCUT2D eigenvalue weighted by molar-refractivity contribution is 6.71. The van der Waals surface area contributed by atoms with Crippen LogP contribution in [0.1, 0.15) is 33.1 Å². The van der Waals surface area contributed by atoms with Crippen LogP contribution < -0.4 is 0 Å². The van der Waals surface area contributed by atoms with E-state index in [0.717, 1.165) is 12.5 Å². The Morgan fingerprint density at radius 2 is 1.88 bits per heavy atom. The van der Waals surface area contributed by atoms with E-state index in [2.05, 4.69) is 31.8 Å². The minimum Gasteiger partial charge on any atom is -0.418 e. The quantitative estimate of drug-likeness (QED) is 0.663. The number of hydrogen-bond acceptors (Lipinski definition) is 2. The van der Waals surface area contributed by atoms with Crippen LogP contribution in [-0.4, -0.2) is 39.5 Å². The second-order valence-electron chi connectivity index (χ2n) is 5.82. The fourth-order valence-electron chi connectivity index (χ4n) is 2.48. The first-order valence-corrected chi connectivity index (χ1v) is 10.0. The average molecular weight is 243 g/mol. The van der Waals surface area contributed by atoms with Gasteiger partial charge in [-0.05, 0) is 70.9 Å². The summed E-state index contributed by atoms with van der Waals surface area (Å²) in [5, 5.41) is 0. The van der Waals surface area contributed by atoms with Gasteiger partial charge < -0.3 is 9.33 Å². The second kappa shape index (κ2) is 6.77. The zero-order chi connectivity index (χ0) is 12.0. The maximum atomic E-state index is 5.86. The normalized spacial score (nSPS) is 20.2. The van der Waals surface area contributed by atoms with Crippen LogP contribution in [0.25, 0.3) is 0 Å². The van der Waals surface area contributed by atoms with E-state index in [4.69, 9.17) is 4.43 Å². The lowest BCUT2D eigenvalue weighted by molar-refractivity contribution is 0.192. The SMILES string of the molecule is CCO[Si](C)(C)CCCN1CCC(C)CC1. The van der Waals surface area contributed by atoms with E-state index in [1.807, 2.05) is 0 Å². The van der Waals surface area contributed by atoms with Gasteiger partial charge in [0, 0.05) is 6.61 Å². The summed E-state index contributed by atoms with van der Waals surface area (Å²) in [6, 6.07) is 1.31. The number of rotatable bonds is 6. The van der Waals surface area contributed by atoms with Gasteiger partial charge in [0.2, 0.25) is 0 Å². The largest absolute Gasteiger partial charge is 0.418 e. The van der Waals surface area contributed by atoms with Crippen molar-refractivity contribution in [2.45, 2.75) is 52.2 Å². The van der Waals surface area contributed by atoms with Gasteiger partial charge in [0.1, 0.15) is 0 Å². The second-order valence-corrected chi connectivity index (χ2v) is 10.1. The predicted octanol–water partition coefficient (Wildman–Crippen LogP) is 3.35. The molecule has 0 aromatic heterocycles. The fourth-order valence-corrected chi connectivity index (χ4v) is 4.41. The highest BCUT2D eigenvalue weighted by atomic mass is 28.4. The van der Waals surface area contributed by atoms with Gasteiger partial charge in [0.05, 0.1) is 0 Å². The van der Waals surface area contributed by atoms with Gasteiger partial charge >= 0.3 is 0 Å². The van der Waals surface area contributed by atoms with Crippen LogP contribution in [0.5, 0.6) is 0 Å². The van der Waals surface area contributed by atoms with Gasteiger partial charge in [-0.3, -0.25) is 0 Å². The van der Waals surface area contributed by atoms with E-state index in [1.54, 1.807) is 0 Å². The van der Waals surface area contributed by atoms with Crippen molar-refractivity contribution in [2.75, 3.05) is 26.2 Å². The van der Waals surface area contributed by atoms with Crippen LogP contribution in [0.15, 0.2) is 0 Å². The number of nitrogens with zero attached hydrogens (tertiary/aromatic N) is 1. The first kappa shape index (κ1) is 14.2. The molecule has 0 aliphatic carbocycles. The molecule has 1 saturated heterocycles. The third-order valence-corrected chi connectivity index (χ3v) is 6.29. The molecular weight excluding hydrogens is 214 g/mol. The van der Waals surface area contributed by atoms with Crippen molar-refractivity contribution in [1.82, 2.24) is 4.90 Å². The maximum Gasteiger partial charge on any atom is 0.186 e. The van der Waals surface area contributed by atoms with Gasteiger partial charge in [-0.15, -0.1) is 0 Å². The summed E-state index contributed by atoms with van der Waals surface area (Å²) in [5.41, 5.74) is 0. The van der Waals surface area contributed by atoms with Crippen molar-refractivity contribution in [3.63, 3.8) is 0 Å². The van der Waals surface area contributed by atoms with Crippen molar-refractivity contribution >= 4 is 8.32 Å². The molecule has 1 aliphatic rings. The van der Waals surface area contributed by atoms with Crippen molar-refractivity contribution in [1.29, 1.82) is 0 Å². The first-order chi connectivity index (χ1) is 7.53. The van der Waals surface area contributed by atoms with E-state index in [9.17, 15) is 0 Å². The Morgan fingerprint density at radius 3 is 2.44 bits per heavy atom. The molecule has 1 rings (SSSR count). The summed E-state index contributed by atoms with van der Waals surface area (Å²) in [6.07, 6.45) is 4.12. The van der Waals surface area contributed by atoms with Gasteiger partial charge in [-0.1, -0.05) is 6.92 Å². The zero-order valence-electron chi connectivity index (χ0n) is 11.6. The van der Waals surface area contributed by atoms with Crippen LogP contribution in [0.3, 0.4) is 0 Å². The smallest absolute Gasteiger partial charge is 0.186 e. The summed E-state index contributed by atoms with van der Waals surface area (Å²) in [4.78, 5) is 2.64. The van der Waals surface area contributed by atoms with Crippen LogP contribution >= 0.6 is 0 Å². The Hall–Kier alpha value is 0.137. The molecule has 1 fully saturated rings. The molecule has 0 atom stereocenters. The van der Waals surface area contributed by atoms with E-state index < -0.39 is 8.32 Å². The molecule has 96 valence electrons. The van der Waals surface area contributed by atoms with Crippen molar-refractivity contribution in [3.8, 4) is 0 Å². The molecule has 2 nitrogen and oxygen atoms in total. The van der Waals surface area contributed by atoms with E-state index in [0.29, 0.717) is 0 Å². The molecule has 3 heteroatoms. The third kappa shape index (κ3) is 5.46. The van der Waals surface area contributed by atoms with Crippen LogP contribution in [0.4, 0.5) is 0 Å². The molecule has 0 saturated carbocycles. The lowest BCUT2D eigenvalue weighted by Gasteiger charge is -2.31. The van der Waals surface area contributed by atoms with Crippen LogP contribution in [0.2, 0.25) is 19.1 Å². The lowest BCUT2D eigenvalue weighted by Crippen LogP contribution is -2.36. The first-order valence-electron chi connectivity index (χ1n) is 6.90. The Labute approximate surface area is 102 Å². The topological polar surface area (TPSA) is 12.5 Å². The van der Waals surface area contributed by atoms with E-state index in [-0.39, 0.29) is 0 Å². The highest BCUT2D eigenvalue weighted by Gasteiger charge is 2.22. The fraction of sp³-hybridized carbons (Fsp3) is 1.00. The van der Waals surface area contributed by atoms with Crippen LogP contribution in [-0.2, 0) is 4.43 Å². The van der Waals surface area contributed by atoms with Gasteiger partial charge in [-0.2, -0.15) is 0 Å². The molecule has 0 bridgehead atoms. The number of piperidine rings is 1. The minimum atomic E-state index is -1.33. The molecule has 16 heavy (non-hydrogen) atoms. The Balaban J connectivity index is 2.11. The van der Waals surface area contributed by atoms with Crippen LogP contribution in [0, 0.1) is 5.92 Å². The molecule has 0 N–H and O–H groups in total. The summed E-state index contributed by atoms with van der Waals surface area (Å²) in [6.45, 7) is 14.0. The lowest BCUT2D eigenvalue weighted by atomic mass is 9.99. The van der Waals surface area contributed by atoms with Gasteiger partial charge in [-0.25, -0.2) is 0 Å². The highest BCUT2D eigenvalue weighted by Crippen LogP contribution is 2.18. The van der Waals surface area contributed by atoms with Gasteiger partial charge in [0.15, 0.2) is 8.32 Å². The van der Waals surface area contributed by atoms with Crippen molar-refractivity contribution in [3.05, 3.63) is 0 Å². The monoisotopic (exact) mass is 243 g/mol. The number of likely N-dealkylation sites (tertiary alicyclic amines) is 1. The van der Waals surface area contributed by atoms with E-state index in [1.165, 1.54) is 44.9 Å². The molecule has 1 heterocycles. The summed E-state index contributed by atoms with van der Waals surface area (Å²) in [7, 11) is -1.33. The molecule has 0 spiro atoms. The molecule has 0 unspecified atom stereocenters. The van der Waals surface area contributed by atoms with Gasteiger partial charge in [0.25, 0.3) is 0 Å². The molecular formula is C13H29NOSi. The van der Waals surface area contributed by atoms with E-state index >= 15 is 0 Å². The maximum absolute atomic E-state index is 5.86. The summed E-state index contributed by atoms with van der Waals surface area (Å²) >= 11 is 0. The standard InChI is InChI=1S/C13H29NOSi/c1-5-15-16(3,4)12-6-9-14-10-7-13(2)8-11-14/h13H,5-12H2,1-4H3. The minimum absolute atomic E-state index is 0.889. The van der Waals surface area contributed by atoms with Crippen molar-refractivity contribution < 1.29 is 4.43 Å². The summed E-state index contributed by atoms with van der Waals surface area (Å²) in [5.74, 6) is 0.950. The number of hydrogen-bond donors (Lipinski definition) is 0. The average Bonchev–Trinajstić information content (AvgIpc) is 2.20. The Morgan fingerprint density at radius 1 is 1.25 bits per heavy atom. The molecule has 1 aliphatic heterocycles. The zero-order valence-corrected chi connectivity index (χ0v) is 12.6. The Bertz CT molecular complexity index is 188. The summed E-state index contributed by atoms with van der Waals surface area (Å²) < 4.78 is 5.86.